The molecule has 22 heavy (non-hydrogen) atoms. The molecule has 1 atom stereocenters. The maximum Gasteiger partial charge on any atom is 0.347 e. The molecule has 0 aliphatic rings. The van der Waals surface area contributed by atoms with Gasteiger partial charge in [0.25, 0.3) is 0 Å². The first-order chi connectivity index (χ1) is 10.7. The Balaban J connectivity index is 2.17. The van der Waals surface area contributed by atoms with Crippen molar-refractivity contribution in [3.8, 4) is 22.9 Å². The number of aromatic nitrogens is 3. The van der Waals surface area contributed by atoms with Crippen molar-refractivity contribution in [2.24, 2.45) is 0 Å². The van der Waals surface area contributed by atoms with Crippen molar-refractivity contribution in [2.75, 3.05) is 6.61 Å². The van der Waals surface area contributed by atoms with Crippen molar-refractivity contribution in [1.29, 1.82) is 0 Å². The molecule has 1 aromatic carbocycles. The minimum Gasteiger partial charge on any atom is -0.507 e. The molecule has 0 bridgehead atoms. The largest absolute Gasteiger partial charge is 0.507 e. The molecule has 0 fully saturated rings. The van der Waals surface area contributed by atoms with Gasteiger partial charge >= 0.3 is 5.97 Å². The number of esters is 1. The molecule has 0 spiro atoms. The van der Waals surface area contributed by atoms with Gasteiger partial charge in [0, 0.05) is 6.07 Å². The Morgan fingerprint density at radius 2 is 2.00 bits per heavy atom. The van der Waals surface area contributed by atoms with Crippen LogP contribution in [-0.2, 0) is 9.53 Å². The fourth-order valence-corrected chi connectivity index (χ4v) is 1.85. The molecule has 7 heteroatoms. The normalized spacial score (nSPS) is 11.7. The Hall–Kier alpha value is -2.70. The summed E-state index contributed by atoms with van der Waals surface area (Å²) in [5.74, 6) is 0.264. The first-order valence-electron chi connectivity index (χ1n) is 6.94. The minimum atomic E-state index is -0.706. The second kappa shape index (κ2) is 7.35. The van der Waals surface area contributed by atoms with E-state index in [0.29, 0.717) is 30.2 Å². The average Bonchev–Trinajstić information content (AvgIpc) is 2.53. The van der Waals surface area contributed by atoms with Crippen molar-refractivity contribution in [3.63, 3.8) is 0 Å². The molecule has 0 radical (unpaired) electrons. The first-order valence-corrected chi connectivity index (χ1v) is 6.94. The van der Waals surface area contributed by atoms with Crippen molar-refractivity contribution < 1.29 is 19.4 Å². The van der Waals surface area contributed by atoms with Crippen molar-refractivity contribution >= 4 is 5.97 Å². The zero-order valence-corrected chi connectivity index (χ0v) is 12.4. The van der Waals surface area contributed by atoms with Gasteiger partial charge in [0.15, 0.2) is 11.9 Å². The molecule has 0 aliphatic carbocycles. The van der Waals surface area contributed by atoms with Crippen LogP contribution in [0.5, 0.6) is 11.5 Å². The second-order valence-electron chi connectivity index (χ2n) is 4.41. The molecule has 116 valence electrons. The Morgan fingerprint density at radius 3 is 2.59 bits per heavy atom. The summed E-state index contributed by atoms with van der Waals surface area (Å²) in [6.07, 6.45) is 2.46. The molecule has 1 aromatic heterocycles. The van der Waals surface area contributed by atoms with Gasteiger partial charge in [-0.25, -0.2) is 19.7 Å². The molecular weight excluding hydrogens is 286 g/mol. The maximum atomic E-state index is 11.7. The van der Waals surface area contributed by atoms with E-state index in [0.717, 1.165) is 0 Å². The summed E-state index contributed by atoms with van der Waals surface area (Å²) in [6, 6.07) is 4.68. The molecule has 0 aliphatic heterocycles. The van der Waals surface area contributed by atoms with Crippen LogP contribution in [0.25, 0.3) is 11.4 Å². The predicted molar refractivity (Wildman–Crippen MR) is 78.3 cm³/mol. The van der Waals surface area contributed by atoms with Gasteiger partial charge in [0.1, 0.15) is 24.2 Å². The van der Waals surface area contributed by atoms with Gasteiger partial charge in [0.2, 0.25) is 0 Å². The van der Waals surface area contributed by atoms with E-state index in [1.807, 2.05) is 6.92 Å². The molecule has 1 unspecified atom stereocenters. The number of rotatable bonds is 6. The van der Waals surface area contributed by atoms with Crippen LogP contribution in [0.1, 0.15) is 20.3 Å². The number of ether oxygens (including phenoxy) is 2. The van der Waals surface area contributed by atoms with E-state index >= 15 is 0 Å². The maximum absolute atomic E-state index is 11.7. The van der Waals surface area contributed by atoms with E-state index in [1.165, 1.54) is 18.7 Å². The third-order valence-electron chi connectivity index (χ3n) is 2.90. The number of benzene rings is 1. The average molecular weight is 303 g/mol. The van der Waals surface area contributed by atoms with Crippen LogP contribution in [0.3, 0.4) is 0 Å². The van der Waals surface area contributed by atoms with Crippen LogP contribution in [0, 0.1) is 0 Å². The molecular formula is C15H17N3O4. The van der Waals surface area contributed by atoms with Crippen LogP contribution in [0.2, 0.25) is 0 Å². The van der Waals surface area contributed by atoms with Gasteiger partial charge in [-0.15, -0.1) is 0 Å². The van der Waals surface area contributed by atoms with Crippen molar-refractivity contribution in [2.45, 2.75) is 26.4 Å². The highest BCUT2D eigenvalue weighted by atomic mass is 16.6. The van der Waals surface area contributed by atoms with Gasteiger partial charge < -0.3 is 14.6 Å². The summed E-state index contributed by atoms with van der Waals surface area (Å²) in [5.41, 5.74) is 0.457. The zero-order valence-electron chi connectivity index (χ0n) is 12.4. The summed E-state index contributed by atoms with van der Waals surface area (Å²) < 4.78 is 10.5. The smallest absolute Gasteiger partial charge is 0.347 e. The summed E-state index contributed by atoms with van der Waals surface area (Å²) in [4.78, 5) is 23.4. The van der Waals surface area contributed by atoms with Crippen LogP contribution < -0.4 is 4.74 Å². The van der Waals surface area contributed by atoms with Crippen molar-refractivity contribution in [3.05, 3.63) is 30.9 Å². The molecule has 7 nitrogen and oxygen atoms in total. The van der Waals surface area contributed by atoms with E-state index in [4.69, 9.17) is 9.47 Å². The van der Waals surface area contributed by atoms with E-state index < -0.39 is 12.1 Å². The number of hydrogen-bond acceptors (Lipinski definition) is 7. The van der Waals surface area contributed by atoms with E-state index in [-0.39, 0.29) is 5.75 Å². The van der Waals surface area contributed by atoms with Gasteiger partial charge in [0.05, 0.1) is 12.2 Å². The number of phenols is 1. The third-order valence-corrected chi connectivity index (χ3v) is 2.90. The fourth-order valence-electron chi connectivity index (χ4n) is 1.85. The highest BCUT2D eigenvalue weighted by molar-refractivity contribution is 5.75. The Kier molecular flexibility index (Phi) is 5.24. The molecule has 1 N–H and O–H groups in total. The molecule has 0 saturated carbocycles. The quantitative estimate of drug-likeness (QED) is 0.815. The topological polar surface area (TPSA) is 94.4 Å². The second-order valence-corrected chi connectivity index (χ2v) is 4.41. The molecule has 0 saturated heterocycles. The number of carbonyl (C=O) groups is 1. The van der Waals surface area contributed by atoms with Crippen LogP contribution in [0.4, 0.5) is 0 Å². The Bertz CT molecular complexity index is 634. The van der Waals surface area contributed by atoms with E-state index in [9.17, 15) is 9.90 Å². The third kappa shape index (κ3) is 3.69. The van der Waals surface area contributed by atoms with E-state index in [1.54, 1.807) is 19.1 Å². The minimum absolute atomic E-state index is 0.0394. The number of carbonyl (C=O) groups excluding carboxylic acids is 1. The fraction of sp³-hybridized carbons (Fsp3) is 0.333. The number of hydrogen-bond donors (Lipinski definition) is 1. The van der Waals surface area contributed by atoms with Crippen LogP contribution >= 0.6 is 0 Å². The van der Waals surface area contributed by atoms with E-state index in [2.05, 4.69) is 15.0 Å². The lowest BCUT2D eigenvalue weighted by atomic mass is 10.1. The molecule has 1 heterocycles. The molecule has 2 aromatic rings. The number of nitrogens with zero attached hydrogens (tertiary/aromatic N) is 3. The SMILES string of the molecule is CCOC(=O)C(CC)Oc1ccc(-c2ncncn2)c(O)c1. The lowest BCUT2D eigenvalue weighted by molar-refractivity contribution is -0.151. The summed E-state index contributed by atoms with van der Waals surface area (Å²) >= 11 is 0. The number of phenolic OH excluding ortho intramolecular Hbond substituents is 1. The van der Waals surface area contributed by atoms with Gasteiger partial charge in [-0.05, 0) is 25.5 Å². The van der Waals surface area contributed by atoms with Crippen molar-refractivity contribution in [1.82, 2.24) is 15.0 Å². The highest BCUT2D eigenvalue weighted by Crippen LogP contribution is 2.30. The molecule has 0 amide bonds. The summed E-state index contributed by atoms with van der Waals surface area (Å²) in [7, 11) is 0. The molecule has 2 rings (SSSR count). The highest BCUT2D eigenvalue weighted by Gasteiger charge is 2.20. The lowest BCUT2D eigenvalue weighted by Crippen LogP contribution is -2.28. The Morgan fingerprint density at radius 1 is 1.27 bits per heavy atom. The van der Waals surface area contributed by atoms with Gasteiger partial charge in [-0.3, -0.25) is 0 Å². The standard InChI is InChI=1S/C15H17N3O4/c1-3-13(15(20)21-4-2)22-10-5-6-11(12(19)7-10)14-17-8-16-9-18-14/h5-9,13,19H,3-4H2,1-2H3. The number of aromatic hydroxyl groups is 1. The van der Waals surface area contributed by atoms with Crippen LogP contribution in [0.15, 0.2) is 30.9 Å². The summed E-state index contributed by atoms with van der Waals surface area (Å²) in [5, 5.41) is 10.1. The predicted octanol–water partition coefficient (Wildman–Crippen LogP) is 1.96. The monoisotopic (exact) mass is 303 g/mol. The van der Waals surface area contributed by atoms with Crippen LogP contribution in [-0.4, -0.2) is 38.7 Å². The zero-order chi connectivity index (χ0) is 15.9. The van der Waals surface area contributed by atoms with Gasteiger partial charge in [-0.2, -0.15) is 0 Å². The Labute approximate surface area is 128 Å². The van der Waals surface area contributed by atoms with Gasteiger partial charge in [-0.1, -0.05) is 6.92 Å². The lowest BCUT2D eigenvalue weighted by Gasteiger charge is -2.16. The summed E-state index contributed by atoms with van der Waals surface area (Å²) in [6.45, 7) is 3.85. The first kappa shape index (κ1) is 15.7.